The normalized spacial score (nSPS) is 12.4. The van der Waals surface area contributed by atoms with Crippen LogP contribution in [0.3, 0.4) is 0 Å². The molecule has 0 aliphatic rings. The molecule has 1 amide bonds. The highest BCUT2D eigenvalue weighted by molar-refractivity contribution is 7.91. The summed E-state index contributed by atoms with van der Waals surface area (Å²) in [5, 5.41) is 0. The van der Waals surface area contributed by atoms with Crippen molar-refractivity contribution in [1.82, 2.24) is 9.71 Å². The van der Waals surface area contributed by atoms with Gasteiger partial charge in [0.25, 0.3) is 0 Å². The van der Waals surface area contributed by atoms with Crippen LogP contribution in [0, 0.1) is 0 Å². The average Bonchev–Trinajstić information content (AvgIpc) is 2.51. The second-order valence-electron chi connectivity index (χ2n) is 8.47. The van der Waals surface area contributed by atoms with Crippen LogP contribution in [0.2, 0.25) is 0 Å². The highest BCUT2D eigenvalue weighted by Gasteiger charge is 2.21. The van der Waals surface area contributed by atoms with E-state index in [0.717, 1.165) is 5.56 Å². The molecular formula is C20H27N3O4S. The van der Waals surface area contributed by atoms with Gasteiger partial charge in [-0.3, -0.25) is 9.71 Å². The fourth-order valence-corrected chi connectivity index (χ4v) is 3.13. The van der Waals surface area contributed by atoms with E-state index >= 15 is 0 Å². The molecule has 1 aromatic heterocycles. The Morgan fingerprint density at radius 3 is 2.14 bits per heavy atom. The standard InChI is InChI=1S/C20H27N3O4S/c1-19(2,3)15-9-7-14(8-10-15)17-13-16(11-12-21-17)22-28(25,26)23-18(24)27-20(4,5)6/h7-13H,1-6H3,(H,21,22)(H,23,24). The Bertz CT molecular complexity index is 941. The molecule has 2 aromatic rings. The number of carbonyl (C=O) groups excluding carboxylic acids is 1. The number of pyridine rings is 1. The number of nitrogens with one attached hydrogen (secondary N) is 2. The number of hydrogen-bond acceptors (Lipinski definition) is 5. The summed E-state index contributed by atoms with van der Waals surface area (Å²) in [6, 6.07) is 11.0. The molecule has 0 spiro atoms. The maximum absolute atomic E-state index is 12.2. The molecule has 0 saturated heterocycles. The van der Waals surface area contributed by atoms with E-state index in [-0.39, 0.29) is 11.1 Å². The van der Waals surface area contributed by atoms with Crippen LogP contribution in [0.1, 0.15) is 47.1 Å². The van der Waals surface area contributed by atoms with E-state index in [4.69, 9.17) is 4.74 Å². The van der Waals surface area contributed by atoms with Gasteiger partial charge < -0.3 is 4.74 Å². The first-order valence-corrected chi connectivity index (χ1v) is 10.3. The highest BCUT2D eigenvalue weighted by Crippen LogP contribution is 2.26. The van der Waals surface area contributed by atoms with Gasteiger partial charge in [0.15, 0.2) is 0 Å². The highest BCUT2D eigenvalue weighted by atomic mass is 32.2. The molecule has 0 atom stereocenters. The van der Waals surface area contributed by atoms with Crippen molar-refractivity contribution in [1.29, 1.82) is 0 Å². The van der Waals surface area contributed by atoms with Crippen molar-refractivity contribution >= 4 is 22.0 Å². The van der Waals surface area contributed by atoms with Crippen molar-refractivity contribution in [2.75, 3.05) is 4.72 Å². The molecule has 0 unspecified atom stereocenters. The lowest BCUT2D eigenvalue weighted by atomic mass is 9.86. The van der Waals surface area contributed by atoms with Gasteiger partial charge >= 0.3 is 16.3 Å². The van der Waals surface area contributed by atoms with Crippen molar-refractivity contribution < 1.29 is 17.9 Å². The third-order valence-electron chi connectivity index (χ3n) is 3.68. The van der Waals surface area contributed by atoms with Gasteiger partial charge in [0.1, 0.15) is 5.60 Å². The quantitative estimate of drug-likeness (QED) is 0.793. The summed E-state index contributed by atoms with van der Waals surface area (Å²) in [5.74, 6) is 0. The third kappa shape index (κ3) is 6.53. The summed E-state index contributed by atoms with van der Waals surface area (Å²) in [5.41, 5.74) is 2.17. The van der Waals surface area contributed by atoms with Gasteiger partial charge in [-0.05, 0) is 43.9 Å². The number of rotatable bonds is 4. The molecule has 0 radical (unpaired) electrons. The Kier molecular flexibility index (Phi) is 6.03. The topological polar surface area (TPSA) is 97.4 Å². The smallest absolute Gasteiger partial charge is 0.422 e. The second-order valence-corrected chi connectivity index (χ2v) is 9.88. The van der Waals surface area contributed by atoms with Gasteiger partial charge in [-0.1, -0.05) is 45.0 Å². The summed E-state index contributed by atoms with van der Waals surface area (Å²) in [4.78, 5) is 16.0. The van der Waals surface area contributed by atoms with Crippen molar-refractivity contribution in [2.45, 2.75) is 52.6 Å². The summed E-state index contributed by atoms with van der Waals surface area (Å²) in [7, 11) is -4.13. The lowest BCUT2D eigenvalue weighted by Gasteiger charge is -2.20. The molecule has 1 heterocycles. The summed E-state index contributed by atoms with van der Waals surface area (Å²) in [6.45, 7) is 11.3. The van der Waals surface area contributed by atoms with Gasteiger partial charge in [0, 0.05) is 11.8 Å². The van der Waals surface area contributed by atoms with E-state index in [1.807, 2.05) is 29.0 Å². The number of nitrogens with zero attached hydrogens (tertiary/aromatic N) is 1. The number of hydrogen-bond donors (Lipinski definition) is 2. The van der Waals surface area contributed by atoms with Crippen LogP contribution in [-0.4, -0.2) is 25.1 Å². The maximum atomic E-state index is 12.2. The second kappa shape index (κ2) is 7.79. The van der Waals surface area contributed by atoms with Crippen LogP contribution in [0.4, 0.5) is 10.5 Å². The molecule has 152 valence electrons. The van der Waals surface area contributed by atoms with E-state index in [1.54, 1.807) is 26.8 Å². The van der Waals surface area contributed by atoms with Gasteiger partial charge in [-0.25, -0.2) is 9.52 Å². The maximum Gasteiger partial charge on any atom is 0.422 e. The molecule has 0 aliphatic heterocycles. The lowest BCUT2D eigenvalue weighted by molar-refractivity contribution is 0.0570. The zero-order chi connectivity index (χ0) is 21.2. The van der Waals surface area contributed by atoms with E-state index < -0.39 is 21.9 Å². The monoisotopic (exact) mass is 405 g/mol. The Labute approximate surface area is 166 Å². The number of benzene rings is 1. The first kappa shape index (κ1) is 21.7. The predicted molar refractivity (Wildman–Crippen MR) is 110 cm³/mol. The number of aromatic nitrogens is 1. The van der Waals surface area contributed by atoms with Gasteiger partial charge in [0.05, 0.1) is 11.4 Å². The molecule has 1 aromatic carbocycles. The summed E-state index contributed by atoms with van der Waals surface area (Å²) in [6.07, 6.45) is 0.449. The Morgan fingerprint density at radius 2 is 1.61 bits per heavy atom. The average molecular weight is 406 g/mol. The zero-order valence-electron chi connectivity index (χ0n) is 17.0. The van der Waals surface area contributed by atoms with Crippen LogP contribution in [0.25, 0.3) is 11.3 Å². The largest absolute Gasteiger partial charge is 0.443 e. The number of amides is 1. The number of anilines is 1. The van der Waals surface area contributed by atoms with Crippen molar-refractivity contribution in [2.24, 2.45) is 0 Å². The fraction of sp³-hybridized carbons (Fsp3) is 0.400. The number of ether oxygens (including phenoxy) is 1. The van der Waals surface area contributed by atoms with Gasteiger partial charge in [-0.15, -0.1) is 0 Å². The molecule has 0 aliphatic carbocycles. The predicted octanol–water partition coefficient (Wildman–Crippen LogP) is 4.23. The first-order valence-electron chi connectivity index (χ1n) is 8.86. The van der Waals surface area contributed by atoms with E-state index in [2.05, 4.69) is 30.5 Å². The summed E-state index contributed by atoms with van der Waals surface area (Å²) < 4.78 is 33.4. The number of carbonyl (C=O) groups is 1. The fourth-order valence-electron chi connectivity index (χ4n) is 2.38. The van der Waals surface area contributed by atoms with Crippen molar-refractivity contribution in [3.05, 3.63) is 48.2 Å². The van der Waals surface area contributed by atoms with Crippen LogP contribution in [0.15, 0.2) is 42.6 Å². The Morgan fingerprint density at radius 1 is 1.00 bits per heavy atom. The van der Waals surface area contributed by atoms with Gasteiger partial charge in [0.2, 0.25) is 0 Å². The van der Waals surface area contributed by atoms with E-state index in [1.165, 1.54) is 17.8 Å². The first-order chi connectivity index (χ1) is 12.8. The molecule has 0 saturated carbocycles. The van der Waals surface area contributed by atoms with Crippen LogP contribution < -0.4 is 9.44 Å². The molecule has 28 heavy (non-hydrogen) atoms. The lowest BCUT2D eigenvalue weighted by Crippen LogP contribution is -2.39. The minimum Gasteiger partial charge on any atom is -0.443 e. The summed E-state index contributed by atoms with van der Waals surface area (Å²) >= 11 is 0. The molecule has 2 rings (SSSR count). The van der Waals surface area contributed by atoms with Crippen LogP contribution in [0.5, 0.6) is 0 Å². The molecular weight excluding hydrogens is 378 g/mol. The molecule has 2 N–H and O–H groups in total. The van der Waals surface area contributed by atoms with Crippen LogP contribution >= 0.6 is 0 Å². The van der Waals surface area contributed by atoms with Crippen LogP contribution in [-0.2, 0) is 20.4 Å². The Hall–Kier alpha value is -2.61. The van der Waals surface area contributed by atoms with E-state index in [0.29, 0.717) is 5.69 Å². The minimum atomic E-state index is -4.13. The SMILES string of the molecule is CC(C)(C)OC(=O)NS(=O)(=O)Nc1ccnc(-c2ccc(C(C)(C)C)cc2)c1. The minimum absolute atomic E-state index is 0.0385. The molecule has 0 bridgehead atoms. The molecule has 7 nitrogen and oxygen atoms in total. The zero-order valence-corrected chi connectivity index (χ0v) is 17.8. The van der Waals surface area contributed by atoms with Gasteiger partial charge in [-0.2, -0.15) is 8.42 Å². The van der Waals surface area contributed by atoms with Crippen molar-refractivity contribution in [3.63, 3.8) is 0 Å². The van der Waals surface area contributed by atoms with E-state index in [9.17, 15) is 13.2 Å². The molecule has 8 heteroatoms. The third-order valence-corrected chi connectivity index (χ3v) is 4.62. The Balaban J connectivity index is 2.16. The van der Waals surface area contributed by atoms with Crippen molar-refractivity contribution in [3.8, 4) is 11.3 Å². The molecule has 0 fully saturated rings.